The minimum atomic E-state index is 1.13. The van der Waals surface area contributed by atoms with Crippen molar-refractivity contribution < 1.29 is 9.13 Å². The molecular formula is C29H24N2+2. The van der Waals surface area contributed by atoms with Gasteiger partial charge in [-0.25, -0.2) is 4.57 Å². The molecule has 0 N–H and O–H groups in total. The number of aromatic nitrogens is 2. The van der Waals surface area contributed by atoms with E-state index < -0.39 is 0 Å². The van der Waals surface area contributed by atoms with Gasteiger partial charge in [0.15, 0.2) is 12.4 Å². The van der Waals surface area contributed by atoms with Crippen LogP contribution >= 0.6 is 0 Å². The minimum Gasteiger partial charge on any atom is -0.207 e. The summed E-state index contributed by atoms with van der Waals surface area (Å²) in [4.78, 5) is 0. The Kier molecular flexibility index (Phi) is 5.12. The van der Waals surface area contributed by atoms with E-state index in [-0.39, 0.29) is 0 Å². The highest BCUT2D eigenvalue weighted by Gasteiger charge is 2.25. The summed E-state index contributed by atoms with van der Waals surface area (Å²) in [5, 5.41) is 0. The normalized spacial score (nSPS) is 10.7. The molecular weight excluding hydrogens is 376 g/mol. The molecule has 0 spiro atoms. The van der Waals surface area contributed by atoms with E-state index in [4.69, 9.17) is 0 Å². The van der Waals surface area contributed by atoms with Crippen molar-refractivity contribution in [2.24, 2.45) is 7.05 Å². The average Bonchev–Trinajstić information content (AvgIpc) is 2.85. The first-order chi connectivity index (χ1) is 15.3. The van der Waals surface area contributed by atoms with Gasteiger partial charge in [0, 0.05) is 23.3 Å². The second-order valence-corrected chi connectivity index (χ2v) is 7.67. The lowest BCUT2D eigenvalue weighted by Gasteiger charge is -2.12. The predicted molar refractivity (Wildman–Crippen MR) is 125 cm³/mol. The van der Waals surface area contributed by atoms with Crippen molar-refractivity contribution in [3.8, 4) is 39.3 Å². The molecule has 3 aromatic carbocycles. The standard InChI is InChI=1S/C29H24N2/c1-30-19-17-27(18-20-30)31-28(24-13-7-3-8-14-24)21-26(23-11-5-2-6-12-23)22-29(31)25-15-9-4-10-16-25/h2-22H,1H3/q+2. The third-order valence-electron chi connectivity index (χ3n) is 5.53. The molecule has 0 saturated carbocycles. The second-order valence-electron chi connectivity index (χ2n) is 7.67. The summed E-state index contributed by atoms with van der Waals surface area (Å²) in [5.74, 6) is 0. The van der Waals surface area contributed by atoms with Crippen LogP contribution in [0.3, 0.4) is 0 Å². The van der Waals surface area contributed by atoms with E-state index in [1.54, 1.807) is 0 Å². The van der Waals surface area contributed by atoms with Crippen LogP contribution in [-0.2, 0) is 7.05 Å². The molecule has 0 atom stereocenters. The van der Waals surface area contributed by atoms with E-state index in [9.17, 15) is 0 Å². The van der Waals surface area contributed by atoms with Gasteiger partial charge in [-0.15, -0.1) is 0 Å². The van der Waals surface area contributed by atoms with Crippen LogP contribution in [-0.4, -0.2) is 0 Å². The maximum absolute atomic E-state index is 2.36. The van der Waals surface area contributed by atoms with Crippen molar-refractivity contribution in [2.75, 3.05) is 0 Å². The SMILES string of the molecule is C[n+]1ccc(-[n+]2c(-c3ccccc3)cc(-c3ccccc3)cc2-c2ccccc2)cc1. The summed E-state index contributed by atoms with van der Waals surface area (Å²) < 4.78 is 4.42. The number of rotatable bonds is 4. The van der Waals surface area contributed by atoms with E-state index >= 15 is 0 Å². The summed E-state index contributed by atoms with van der Waals surface area (Å²) in [6, 6.07) is 40.8. The van der Waals surface area contributed by atoms with Crippen molar-refractivity contribution in [1.29, 1.82) is 0 Å². The number of nitrogens with zero attached hydrogens (tertiary/aromatic N) is 2. The zero-order chi connectivity index (χ0) is 21.0. The van der Waals surface area contributed by atoms with E-state index in [0.717, 1.165) is 17.1 Å². The minimum absolute atomic E-state index is 1.13. The first-order valence-electron chi connectivity index (χ1n) is 10.5. The molecule has 31 heavy (non-hydrogen) atoms. The molecule has 2 aromatic heterocycles. The van der Waals surface area contributed by atoms with Gasteiger partial charge < -0.3 is 0 Å². The van der Waals surface area contributed by atoms with Crippen molar-refractivity contribution in [3.63, 3.8) is 0 Å². The molecule has 0 radical (unpaired) electrons. The van der Waals surface area contributed by atoms with Crippen LogP contribution in [0.25, 0.3) is 39.3 Å². The van der Waals surface area contributed by atoms with Gasteiger partial charge >= 0.3 is 0 Å². The van der Waals surface area contributed by atoms with Crippen LogP contribution in [0, 0.1) is 0 Å². The second kappa shape index (κ2) is 8.37. The highest BCUT2D eigenvalue weighted by molar-refractivity contribution is 5.74. The van der Waals surface area contributed by atoms with Crippen LogP contribution in [0.1, 0.15) is 0 Å². The summed E-state index contributed by atoms with van der Waals surface area (Å²) in [6.07, 6.45) is 4.19. The first-order valence-corrected chi connectivity index (χ1v) is 10.5. The third kappa shape index (κ3) is 3.88. The van der Waals surface area contributed by atoms with E-state index in [2.05, 4.69) is 137 Å². The fourth-order valence-electron chi connectivity index (χ4n) is 3.96. The molecule has 0 unspecified atom stereocenters. The maximum Gasteiger partial charge on any atom is 0.223 e. The molecule has 2 heterocycles. The smallest absolute Gasteiger partial charge is 0.207 e. The number of aryl methyl sites for hydroxylation is 1. The Hall–Kier alpha value is -4.04. The lowest BCUT2D eigenvalue weighted by Crippen LogP contribution is -2.38. The molecule has 148 valence electrons. The Morgan fingerprint density at radius 2 is 0.871 bits per heavy atom. The fourth-order valence-corrected chi connectivity index (χ4v) is 3.96. The quantitative estimate of drug-likeness (QED) is 0.337. The molecule has 2 nitrogen and oxygen atoms in total. The fraction of sp³-hybridized carbons (Fsp3) is 0.0345. The first kappa shape index (κ1) is 19.0. The van der Waals surface area contributed by atoms with E-state index in [0.29, 0.717) is 0 Å². The van der Waals surface area contributed by atoms with Gasteiger partial charge in [0.05, 0.1) is 12.1 Å². The molecule has 5 aromatic rings. The Bertz CT molecular complexity index is 1230. The Labute approximate surface area is 183 Å². The molecule has 0 amide bonds. The Morgan fingerprint density at radius 1 is 0.452 bits per heavy atom. The van der Waals surface area contributed by atoms with Gasteiger partial charge in [-0.05, 0) is 35.4 Å². The summed E-state index contributed by atoms with van der Waals surface area (Å²) in [6.45, 7) is 0. The molecule has 2 heteroatoms. The predicted octanol–water partition coefficient (Wildman–Crippen LogP) is 5.79. The molecule has 0 aliphatic carbocycles. The molecule has 5 rings (SSSR count). The van der Waals surface area contributed by atoms with Crippen LogP contribution in [0.2, 0.25) is 0 Å². The summed E-state index contributed by atoms with van der Waals surface area (Å²) in [7, 11) is 2.04. The van der Waals surface area contributed by atoms with Crippen molar-refractivity contribution >= 4 is 0 Å². The van der Waals surface area contributed by atoms with Crippen molar-refractivity contribution in [3.05, 3.63) is 128 Å². The van der Waals surface area contributed by atoms with Gasteiger partial charge in [0.25, 0.3) is 0 Å². The van der Waals surface area contributed by atoms with Crippen molar-refractivity contribution in [2.45, 2.75) is 0 Å². The van der Waals surface area contributed by atoms with Gasteiger partial charge in [-0.1, -0.05) is 66.7 Å². The highest BCUT2D eigenvalue weighted by atomic mass is 15.0. The molecule has 0 fully saturated rings. The van der Waals surface area contributed by atoms with E-state index in [1.807, 2.05) is 7.05 Å². The Morgan fingerprint density at radius 3 is 1.32 bits per heavy atom. The summed E-state index contributed by atoms with van der Waals surface area (Å²) in [5.41, 5.74) is 8.25. The van der Waals surface area contributed by atoms with Crippen LogP contribution in [0.5, 0.6) is 0 Å². The molecule has 0 aliphatic rings. The lowest BCUT2D eigenvalue weighted by molar-refractivity contribution is -0.673. The number of pyridine rings is 2. The van der Waals surface area contributed by atoms with Gasteiger partial charge in [0.2, 0.25) is 17.1 Å². The van der Waals surface area contributed by atoms with Crippen molar-refractivity contribution in [1.82, 2.24) is 0 Å². The molecule has 0 bridgehead atoms. The summed E-state index contributed by atoms with van der Waals surface area (Å²) >= 11 is 0. The number of hydrogen-bond donors (Lipinski definition) is 0. The van der Waals surface area contributed by atoms with Crippen LogP contribution < -0.4 is 9.13 Å². The highest BCUT2D eigenvalue weighted by Crippen LogP contribution is 2.30. The zero-order valence-corrected chi connectivity index (χ0v) is 17.5. The van der Waals surface area contributed by atoms with Gasteiger partial charge in [-0.2, -0.15) is 4.57 Å². The van der Waals surface area contributed by atoms with Crippen LogP contribution in [0.4, 0.5) is 0 Å². The maximum atomic E-state index is 2.36. The van der Waals surface area contributed by atoms with Crippen LogP contribution in [0.15, 0.2) is 128 Å². The topological polar surface area (TPSA) is 7.76 Å². The van der Waals surface area contributed by atoms with Gasteiger partial charge in [0.1, 0.15) is 7.05 Å². The number of benzene rings is 3. The molecule has 0 saturated heterocycles. The third-order valence-corrected chi connectivity index (χ3v) is 5.53. The number of hydrogen-bond acceptors (Lipinski definition) is 0. The monoisotopic (exact) mass is 400 g/mol. The van der Waals surface area contributed by atoms with Gasteiger partial charge in [-0.3, -0.25) is 0 Å². The Balaban J connectivity index is 1.87. The van der Waals surface area contributed by atoms with E-state index in [1.165, 1.54) is 22.3 Å². The lowest BCUT2D eigenvalue weighted by atomic mass is 9.98. The largest absolute Gasteiger partial charge is 0.223 e. The molecule has 0 aliphatic heterocycles. The average molecular weight is 401 g/mol. The zero-order valence-electron chi connectivity index (χ0n) is 17.5.